The van der Waals surface area contributed by atoms with Gasteiger partial charge in [0.2, 0.25) is 0 Å². The molecule has 2 rings (SSSR count). The Bertz CT molecular complexity index is 553. The smallest absolute Gasteiger partial charge is 0.165 e. The summed E-state index contributed by atoms with van der Waals surface area (Å²) >= 11 is 6.04. The Morgan fingerprint density at radius 2 is 2.26 bits per heavy atom. The van der Waals surface area contributed by atoms with Crippen LogP contribution in [0.25, 0.3) is 0 Å². The lowest BCUT2D eigenvalue weighted by Crippen LogP contribution is -2.21. The van der Waals surface area contributed by atoms with Crippen molar-refractivity contribution in [3.63, 3.8) is 0 Å². The van der Waals surface area contributed by atoms with Crippen molar-refractivity contribution < 1.29 is 4.74 Å². The Morgan fingerprint density at radius 3 is 2.89 bits per heavy atom. The van der Waals surface area contributed by atoms with Crippen molar-refractivity contribution in [2.24, 2.45) is 12.8 Å². The van der Waals surface area contributed by atoms with Gasteiger partial charge in [0.15, 0.2) is 5.75 Å². The van der Waals surface area contributed by atoms with Crippen molar-refractivity contribution in [1.29, 1.82) is 0 Å². The van der Waals surface area contributed by atoms with E-state index in [4.69, 9.17) is 22.1 Å². The molecule has 102 valence electrons. The van der Waals surface area contributed by atoms with Gasteiger partial charge in [0.05, 0.1) is 12.4 Å². The molecule has 4 nitrogen and oxygen atoms in total. The number of hydrogen-bond donors (Lipinski definition) is 1. The molecule has 1 aromatic heterocycles. The molecule has 0 aliphatic rings. The zero-order chi connectivity index (χ0) is 13.8. The van der Waals surface area contributed by atoms with E-state index in [1.807, 2.05) is 31.4 Å². The van der Waals surface area contributed by atoms with Gasteiger partial charge in [-0.2, -0.15) is 5.10 Å². The molecule has 5 heteroatoms. The number of halogens is 1. The molecule has 0 saturated carbocycles. The molecule has 1 heterocycles. The number of benzene rings is 1. The van der Waals surface area contributed by atoms with Crippen molar-refractivity contribution in [2.75, 3.05) is 0 Å². The number of hydrogen-bond acceptors (Lipinski definition) is 3. The quantitative estimate of drug-likeness (QED) is 0.915. The summed E-state index contributed by atoms with van der Waals surface area (Å²) in [5.74, 6) is 1.48. The second-order valence-corrected chi connectivity index (χ2v) is 5.01. The molecular weight excluding hydrogens is 262 g/mol. The van der Waals surface area contributed by atoms with Crippen LogP contribution in [0.15, 0.2) is 30.6 Å². The normalized spacial score (nSPS) is 12.4. The van der Waals surface area contributed by atoms with Gasteiger partial charge >= 0.3 is 0 Å². The van der Waals surface area contributed by atoms with Crippen LogP contribution in [0.1, 0.15) is 18.9 Å². The van der Waals surface area contributed by atoms with Gasteiger partial charge in [-0.05, 0) is 36.6 Å². The van der Waals surface area contributed by atoms with Gasteiger partial charge in [-0.15, -0.1) is 0 Å². The van der Waals surface area contributed by atoms with Crippen LogP contribution in [0.3, 0.4) is 0 Å². The fraction of sp³-hybridized carbons (Fsp3) is 0.357. The highest BCUT2D eigenvalue weighted by Gasteiger charge is 2.10. The van der Waals surface area contributed by atoms with Crippen molar-refractivity contribution in [1.82, 2.24) is 9.78 Å². The minimum atomic E-state index is 0.106. The van der Waals surface area contributed by atoms with E-state index in [2.05, 4.69) is 12.0 Å². The predicted octanol–water partition coefficient (Wildman–Crippen LogP) is 3.15. The predicted molar refractivity (Wildman–Crippen MR) is 76.7 cm³/mol. The van der Waals surface area contributed by atoms with Crippen molar-refractivity contribution in [3.8, 4) is 11.5 Å². The fourth-order valence-electron chi connectivity index (χ4n) is 1.81. The first kappa shape index (κ1) is 13.9. The zero-order valence-corrected chi connectivity index (χ0v) is 11.9. The Kier molecular flexibility index (Phi) is 4.45. The largest absolute Gasteiger partial charge is 0.454 e. The molecule has 0 saturated heterocycles. The summed E-state index contributed by atoms with van der Waals surface area (Å²) in [5.41, 5.74) is 7.03. The van der Waals surface area contributed by atoms with E-state index in [9.17, 15) is 0 Å². The lowest BCUT2D eigenvalue weighted by atomic mass is 10.0. The molecule has 1 unspecified atom stereocenters. The van der Waals surface area contributed by atoms with Crippen LogP contribution >= 0.6 is 11.6 Å². The fourth-order valence-corrected chi connectivity index (χ4v) is 2.01. The summed E-state index contributed by atoms with van der Waals surface area (Å²) in [6, 6.07) is 5.69. The molecule has 1 atom stereocenters. The monoisotopic (exact) mass is 279 g/mol. The molecule has 0 radical (unpaired) electrons. The first-order chi connectivity index (χ1) is 9.08. The van der Waals surface area contributed by atoms with Gasteiger partial charge in [-0.3, -0.25) is 4.68 Å². The van der Waals surface area contributed by atoms with Crippen LogP contribution in [-0.2, 0) is 13.5 Å². The summed E-state index contributed by atoms with van der Waals surface area (Å²) < 4.78 is 7.53. The van der Waals surface area contributed by atoms with E-state index in [0.29, 0.717) is 10.8 Å². The second kappa shape index (κ2) is 6.08. The van der Waals surface area contributed by atoms with E-state index < -0.39 is 0 Å². The number of aryl methyl sites for hydroxylation is 1. The van der Waals surface area contributed by atoms with Crippen molar-refractivity contribution in [3.05, 3.63) is 41.2 Å². The Labute approximate surface area is 118 Å². The first-order valence-corrected chi connectivity index (χ1v) is 6.66. The summed E-state index contributed by atoms with van der Waals surface area (Å²) in [7, 11) is 1.85. The van der Waals surface area contributed by atoms with Crippen molar-refractivity contribution in [2.45, 2.75) is 25.8 Å². The molecule has 2 aromatic rings. The summed E-state index contributed by atoms with van der Waals surface area (Å²) in [6.45, 7) is 2.07. The minimum Gasteiger partial charge on any atom is -0.454 e. The van der Waals surface area contributed by atoms with E-state index in [-0.39, 0.29) is 6.04 Å². The summed E-state index contributed by atoms with van der Waals surface area (Å²) in [6.07, 6.45) is 5.15. The molecule has 0 aliphatic heterocycles. The highest BCUT2D eigenvalue weighted by Crippen LogP contribution is 2.28. The third kappa shape index (κ3) is 3.72. The van der Waals surface area contributed by atoms with Crippen LogP contribution in [-0.4, -0.2) is 15.8 Å². The number of nitrogens with zero attached hydrogens (tertiary/aromatic N) is 2. The van der Waals surface area contributed by atoms with E-state index in [0.717, 1.165) is 24.2 Å². The molecule has 0 amide bonds. The minimum absolute atomic E-state index is 0.106. The third-order valence-electron chi connectivity index (χ3n) is 2.94. The molecule has 19 heavy (non-hydrogen) atoms. The number of aromatic nitrogens is 2. The van der Waals surface area contributed by atoms with Crippen LogP contribution in [0, 0.1) is 0 Å². The average Bonchev–Trinajstić information content (AvgIpc) is 2.78. The lowest BCUT2D eigenvalue weighted by Gasteiger charge is -2.13. The summed E-state index contributed by atoms with van der Waals surface area (Å²) in [4.78, 5) is 0. The van der Waals surface area contributed by atoms with Crippen molar-refractivity contribution >= 4 is 11.6 Å². The number of ether oxygens (including phenoxy) is 1. The van der Waals surface area contributed by atoms with Gasteiger partial charge in [0.25, 0.3) is 0 Å². The van der Waals surface area contributed by atoms with E-state index >= 15 is 0 Å². The molecule has 2 N–H and O–H groups in total. The number of rotatable bonds is 5. The van der Waals surface area contributed by atoms with Crippen LogP contribution < -0.4 is 10.5 Å². The Morgan fingerprint density at radius 1 is 1.47 bits per heavy atom. The van der Waals surface area contributed by atoms with Gasteiger partial charge < -0.3 is 10.5 Å². The SMILES string of the molecule is CCC(N)Cc1cc(Cl)ccc1Oc1cnn(C)c1. The topological polar surface area (TPSA) is 53.1 Å². The molecule has 1 aromatic carbocycles. The van der Waals surface area contributed by atoms with E-state index in [1.165, 1.54) is 0 Å². The number of nitrogens with two attached hydrogens (primary N) is 1. The maximum atomic E-state index is 6.04. The molecule has 0 spiro atoms. The summed E-state index contributed by atoms with van der Waals surface area (Å²) in [5, 5.41) is 4.77. The van der Waals surface area contributed by atoms with Gasteiger partial charge in [0.1, 0.15) is 5.75 Å². The third-order valence-corrected chi connectivity index (χ3v) is 3.17. The Hall–Kier alpha value is -1.52. The highest BCUT2D eigenvalue weighted by atomic mass is 35.5. The van der Waals surface area contributed by atoms with Gasteiger partial charge in [-0.1, -0.05) is 18.5 Å². The maximum absolute atomic E-state index is 6.04. The first-order valence-electron chi connectivity index (χ1n) is 6.29. The van der Waals surface area contributed by atoms with Crippen LogP contribution in [0.5, 0.6) is 11.5 Å². The van der Waals surface area contributed by atoms with Gasteiger partial charge in [0, 0.05) is 18.1 Å². The molecule has 0 aliphatic carbocycles. The molecular formula is C14H18ClN3O. The standard InChI is InChI=1S/C14H18ClN3O/c1-3-12(16)7-10-6-11(15)4-5-14(10)19-13-8-17-18(2)9-13/h4-6,8-9,12H,3,7,16H2,1-2H3. The van der Waals surface area contributed by atoms with E-state index in [1.54, 1.807) is 10.9 Å². The van der Waals surface area contributed by atoms with Crippen LogP contribution in [0.2, 0.25) is 5.02 Å². The van der Waals surface area contributed by atoms with Crippen LogP contribution in [0.4, 0.5) is 0 Å². The Balaban J connectivity index is 2.23. The highest BCUT2D eigenvalue weighted by molar-refractivity contribution is 6.30. The molecule has 0 bridgehead atoms. The second-order valence-electron chi connectivity index (χ2n) is 4.58. The molecule has 0 fully saturated rings. The average molecular weight is 280 g/mol. The lowest BCUT2D eigenvalue weighted by molar-refractivity contribution is 0.471. The maximum Gasteiger partial charge on any atom is 0.165 e. The zero-order valence-electron chi connectivity index (χ0n) is 11.1. The van der Waals surface area contributed by atoms with Gasteiger partial charge in [-0.25, -0.2) is 0 Å².